The lowest BCUT2D eigenvalue weighted by atomic mass is 10.2. The summed E-state index contributed by atoms with van der Waals surface area (Å²) in [6.07, 6.45) is 1.73. The van der Waals surface area contributed by atoms with E-state index in [2.05, 4.69) is 10.3 Å². The van der Waals surface area contributed by atoms with Crippen molar-refractivity contribution in [1.82, 2.24) is 9.88 Å². The van der Waals surface area contributed by atoms with Crippen LogP contribution in [-0.4, -0.2) is 28.5 Å². The molecule has 4 nitrogen and oxygen atoms in total. The molecule has 0 atom stereocenters. The molecule has 0 spiro atoms. The Kier molecular flexibility index (Phi) is 4.00. The Balaban J connectivity index is 2.29. The van der Waals surface area contributed by atoms with Crippen LogP contribution in [0.1, 0.15) is 20.8 Å². The van der Waals surface area contributed by atoms with Gasteiger partial charge in [0.05, 0.1) is 11.2 Å². The van der Waals surface area contributed by atoms with Crippen LogP contribution in [-0.2, 0) is 0 Å². The number of carbonyl (C=O) groups excluding carboxylic acids is 1. The van der Waals surface area contributed by atoms with E-state index in [1.54, 1.807) is 11.1 Å². The first-order valence-corrected chi connectivity index (χ1v) is 6.55. The lowest BCUT2D eigenvalue weighted by Gasteiger charge is -2.25. The van der Waals surface area contributed by atoms with Crippen LogP contribution in [0.5, 0.6) is 0 Å². The van der Waals surface area contributed by atoms with Crippen molar-refractivity contribution in [1.29, 1.82) is 0 Å². The van der Waals surface area contributed by atoms with Gasteiger partial charge in [0.15, 0.2) is 0 Å². The van der Waals surface area contributed by atoms with Gasteiger partial charge in [-0.1, -0.05) is 18.2 Å². The van der Waals surface area contributed by atoms with Crippen molar-refractivity contribution in [2.45, 2.75) is 26.8 Å². The number of benzene rings is 1. The van der Waals surface area contributed by atoms with Gasteiger partial charge >= 0.3 is 6.03 Å². The molecule has 19 heavy (non-hydrogen) atoms. The lowest BCUT2D eigenvalue weighted by Crippen LogP contribution is -2.39. The van der Waals surface area contributed by atoms with Crippen LogP contribution in [0.3, 0.4) is 0 Å². The number of rotatable bonds is 3. The molecule has 1 heterocycles. The molecule has 0 radical (unpaired) electrons. The van der Waals surface area contributed by atoms with E-state index in [1.165, 1.54) is 0 Å². The summed E-state index contributed by atoms with van der Waals surface area (Å²) in [6, 6.07) is 9.74. The first kappa shape index (κ1) is 13.3. The predicted molar refractivity (Wildman–Crippen MR) is 78.3 cm³/mol. The number of anilines is 1. The number of carbonyl (C=O) groups is 1. The monoisotopic (exact) mass is 257 g/mol. The molecule has 1 aromatic carbocycles. The highest BCUT2D eigenvalue weighted by atomic mass is 16.2. The van der Waals surface area contributed by atoms with Gasteiger partial charge in [-0.05, 0) is 32.9 Å². The second-order valence-corrected chi connectivity index (χ2v) is 4.69. The number of pyridine rings is 1. The van der Waals surface area contributed by atoms with Crippen molar-refractivity contribution in [2.75, 3.05) is 11.9 Å². The van der Waals surface area contributed by atoms with Gasteiger partial charge in [-0.3, -0.25) is 4.98 Å². The summed E-state index contributed by atoms with van der Waals surface area (Å²) in [4.78, 5) is 18.3. The quantitative estimate of drug-likeness (QED) is 0.914. The molecule has 4 heteroatoms. The Morgan fingerprint density at radius 2 is 2.05 bits per heavy atom. The summed E-state index contributed by atoms with van der Waals surface area (Å²) in [5.41, 5.74) is 1.57. The maximum Gasteiger partial charge on any atom is 0.322 e. The molecule has 1 N–H and O–H groups in total. The van der Waals surface area contributed by atoms with Gasteiger partial charge in [0.25, 0.3) is 0 Å². The first-order valence-electron chi connectivity index (χ1n) is 6.55. The van der Waals surface area contributed by atoms with Gasteiger partial charge in [-0.25, -0.2) is 4.79 Å². The number of para-hydroxylation sites is 1. The van der Waals surface area contributed by atoms with Crippen LogP contribution in [0, 0.1) is 0 Å². The van der Waals surface area contributed by atoms with E-state index < -0.39 is 0 Å². The Morgan fingerprint density at radius 3 is 2.74 bits per heavy atom. The summed E-state index contributed by atoms with van der Waals surface area (Å²) >= 11 is 0. The molecule has 2 rings (SSSR count). The van der Waals surface area contributed by atoms with Gasteiger partial charge in [0, 0.05) is 24.2 Å². The maximum atomic E-state index is 12.2. The average Bonchev–Trinajstić information content (AvgIpc) is 2.39. The molecule has 0 fully saturated rings. The highest BCUT2D eigenvalue weighted by Gasteiger charge is 2.15. The Hall–Kier alpha value is -2.10. The summed E-state index contributed by atoms with van der Waals surface area (Å²) < 4.78 is 0. The minimum absolute atomic E-state index is 0.0874. The second-order valence-electron chi connectivity index (χ2n) is 4.69. The number of hydrogen-bond acceptors (Lipinski definition) is 2. The van der Waals surface area contributed by atoms with E-state index >= 15 is 0 Å². The molecule has 2 aromatic rings. The fraction of sp³-hybridized carbons (Fsp3) is 0.333. The molecule has 2 amide bonds. The topological polar surface area (TPSA) is 45.2 Å². The summed E-state index contributed by atoms with van der Waals surface area (Å²) in [6.45, 7) is 6.66. The largest absolute Gasteiger partial charge is 0.322 e. The van der Waals surface area contributed by atoms with Crippen LogP contribution in [0.4, 0.5) is 10.5 Å². The van der Waals surface area contributed by atoms with E-state index in [-0.39, 0.29) is 12.1 Å². The van der Waals surface area contributed by atoms with Crippen LogP contribution in [0.25, 0.3) is 10.9 Å². The molecule has 0 aliphatic heterocycles. The zero-order chi connectivity index (χ0) is 13.8. The normalized spacial score (nSPS) is 10.7. The number of aromatic nitrogens is 1. The standard InChI is InChI=1S/C15H19N3O/c1-4-18(11(2)3)15(19)17-13-9-5-7-12-8-6-10-16-14(12)13/h5-11H,4H2,1-3H3,(H,17,19). The summed E-state index contributed by atoms with van der Waals surface area (Å²) in [7, 11) is 0. The van der Waals surface area contributed by atoms with E-state index in [1.807, 2.05) is 51.1 Å². The molecule has 0 bridgehead atoms. The highest BCUT2D eigenvalue weighted by Crippen LogP contribution is 2.21. The number of amides is 2. The third-order valence-corrected chi connectivity index (χ3v) is 3.10. The molecule has 0 saturated carbocycles. The Labute approximate surface area is 113 Å². The van der Waals surface area contributed by atoms with Crippen molar-refractivity contribution in [2.24, 2.45) is 0 Å². The summed E-state index contributed by atoms with van der Waals surface area (Å²) in [5.74, 6) is 0. The van der Waals surface area contributed by atoms with Gasteiger partial charge in [0.1, 0.15) is 0 Å². The zero-order valence-electron chi connectivity index (χ0n) is 11.6. The van der Waals surface area contributed by atoms with E-state index in [4.69, 9.17) is 0 Å². The zero-order valence-corrected chi connectivity index (χ0v) is 11.6. The molecular formula is C15H19N3O. The van der Waals surface area contributed by atoms with E-state index in [0.29, 0.717) is 6.54 Å². The lowest BCUT2D eigenvalue weighted by molar-refractivity contribution is 0.201. The van der Waals surface area contributed by atoms with Gasteiger partial charge in [-0.15, -0.1) is 0 Å². The molecular weight excluding hydrogens is 238 g/mol. The molecule has 0 unspecified atom stereocenters. The molecule has 100 valence electrons. The SMILES string of the molecule is CCN(C(=O)Nc1cccc2cccnc12)C(C)C. The minimum Gasteiger partial charge on any atom is -0.322 e. The fourth-order valence-electron chi connectivity index (χ4n) is 2.14. The number of nitrogens with one attached hydrogen (secondary N) is 1. The van der Waals surface area contributed by atoms with Crippen molar-refractivity contribution >= 4 is 22.6 Å². The van der Waals surface area contributed by atoms with E-state index in [0.717, 1.165) is 16.6 Å². The number of fused-ring (bicyclic) bond motifs is 1. The third-order valence-electron chi connectivity index (χ3n) is 3.10. The smallest absolute Gasteiger partial charge is 0.322 e. The van der Waals surface area contributed by atoms with Gasteiger partial charge in [0.2, 0.25) is 0 Å². The molecule has 1 aromatic heterocycles. The first-order chi connectivity index (χ1) is 9.13. The second kappa shape index (κ2) is 5.69. The highest BCUT2D eigenvalue weighted by molar-refractivity contribution is 5.99. The maximum absolute atomic E-state index is 12.2. The fourth-order valence-corrected chi connectivity index (χ4v) is 2.14. The molecule has 0 aliphatic carbocycles. The number of nitrogens with zero attached hydrogens (tertiary/aromatic N) is 2. The number of urea groups is 1. The minimum atomic E-state index is -0.0874. The van der Waals surface area contributed by atoms with Crippen molar-refractivity contribution in [3.8, 4) is 0 Å². The van der Waals surface area contributed by atoms with Crippen molar-refractivity contribution < 1.29 is 4.79 Å². The van der Waals surface area contributed by atoms with Crippen LogP contribution in [0.15, 0.2) is 36.5 Å². The Bertz CT molecular complexity index is 575. The van der Waals surface area contributed by atoms with Crippen molar-refractivity contribution in [3.05, 3.63) is 36.5 Å². The summed E-state index contributed by atoms with van der Waals surface area (Å²) in [5, 5.41) is 3.96. The molecule has 0 aliphatic rings. The van der Waals surface area contributed by atoms with Gasteiger partial charge < -0.3 is 10.2 Å². The van der Waals surface area contributed by atoms with Gasteiger partial charge in [-0.2, -0.15) is 0 Å². The Morgan fingerprint density at radius 1 is 1.32 bits per heavy atom. The van der Waals surface area contributed by atoms with E-state index in [9.17, 15) is 4.79 Å². The predicted octanol–water partition coefficient (Wildman–Crippen LogP) is 3.50. The van der Waals surface area contributed by atoms with Crippen LogP contribution >= 0.6 is 0 Å². The average molecular weight is 257 g/mol. The van der Waals surface area contributed by atoms with Crippen molar-refractivity contribution in [3.63, 3.8) is 0 Å². The third kappa shape index (κ3) is 2.84. The number of hydrogen-bond donors (Lipinski definition) is 1. The van der Waals surface area contributed by atoms with Crippen LogP contribution in [0.2, 0.25) is 0 Å². The van der Waals surface area contributed by atoms with Crippen LogP contribution < -0.4 is 5.32 Å². The molecule has 0 saturated heterocycles.